The Labute approximate surface area is 252 Å². The van der Waals surface area contributed by atoms with Crippen LogP contribution in [0.25, 0.3) is 0 Å². The summed E-state index contributed by atoms with van der Waals surface area (Å²) in [6.07, 6.45) is -1.65. The fourth-order valence-corrected chi connectivity index (χ4v) is 6.69. The number of carboxylic acid groups (broad SMARTS) is 1. The van der Waals surface area contributed by atoms with Crippen LogP contribution >= 0.6 is 0 Å². The number of carbonyl (C=O) groups excluding carboxylic acids is 7. The van der Waals surface area contributed by atoms with Gasteiger partial charge in [0.1, 0.15) is 17.5 Å². The molecule has 4 N–H and O–H groups in total. The minimum absolute atomic E-state index is 0.0773. The monoisotopic (exact) mass is 632 g/mol. The standard InChI is InChI=1S/C26H28N6O11S/c1-3-30-9-10-31(23(38)22(30)37)26(41)28-16(14-7-5-4-6-8-14)19(35)29-20(43-13(2)34)15-11-44(42)24-17(27-12-33)21(36)32(24)18(15)25(39)40/h4-8,12,16-17,20,24H,3,9-11H2,1-2H3,(H,27,33)(H,28,41)(H,29,35)(H,39,40)/t16?,17-,20?,24+,44?/m0/s1. The minimum Gasteiger partial charge on any atom is -0.614 e. The smallest absolute Gasteiger partial charge is 0.353 e. The molecule has 0 aliphatic carbocycles. The van der Waals surface area contributed by atoms with Gasteiger partial charge in [0, 0.05) is 26.6 Å². The number of hydrogen-bond donors (Lipinski definition) is 4. The third-order valence-electron chi connectivity index (χ3n) is 7.08. The predicted octanol–water partition coefficient (Wildman–Crippen LogP) is -2.48. The number of carbonyl (C=O) groups is 8. The Kier molecular flexibility index (Phi) is 9.53. The lowest BCUT2D eigenvalue weighted by molar-refractivity contribution is -0.153. The summed E-state index contributed by atoms with van der Waals surface area (Å²) >= 11 is -2.00. The van der Waals surface area contributed by atoms with Crippen molar-refractivity contribution >= 4 is 59.2 Å². The van der Waals surface area contributed by atoms with Crippen molar-refractivity contribution in [3.63, 3.8) is 0 Å². The SMILES string of the molecule is CCN1CCN(C(=O)NC(C(=O)NC(OC(C)=O)C2=C(C(=O)O)N3C(=O)[C@H](NC=O)[C@H]3[S+]([O-])C2)c2ccccc2)C(=O)C1=O. The van der Waals surface area contributed by atoms with Gasteiger partial charge in [-0.05, 0) is 23.7 Å². The highest BCUT2D eigenvalue weighted by Gasteiger charge is 2.61. The molecule has 17 nitrogen and oxygen atoms in total. The molecule has 234 valence electrons. The van der Waals surface area contributed by atoms with Gasteiger partial charge in [0.05, 0.1) is 5.57 Å². The van der Waals surface area contributed by atoms with E-state index < -0.39 is 87.9 Å². The quantitative estimate of drug-likeness (QED) is 0.0526. The average molecular weight is 633 g/mol. The van der Waals surface area contributed by atoms with Crippen molar-refractivity contribution in [2.75, 3.05) is 25.4 Å². The molecule has 4 rings (SSSR count). The molecule has 0 saturated carbocycles. The zero-order chi connectivity index (χ0) is 32.3. The Hall–Kier alpha value is -4.97. The van der Waals surface area contributed by atoms with Crippen molar-refractivity contribution < 1.29 is 52.8 Å². The van der Waals surface area contributed by atoms with Gasteiger partial charge in [-0.3, -0.25) is 38.6 Å². The van der Waals surface area contributed by atoms with E-state index in [-0.39, 0.29) is 37.2 Å². The zero-order valence-electron chi connectivity index (χ0n) is 23.4. The molecule has 1 aromatic rings. The number of likely N-dealkylation sites (N-methyl/N-ethyl adjacent to an activating group) is 1. The topological polar surface area (TPSA) is 235 Å². The molecular formula is C26H28N6O11S. The molecule has 5 atom stereocenters. The van der Waals surface area contributed by atoms with Gasteiger partial charge in [-0.1, -0.05) is 30.3 Å². The maximum atomic E-state index is 13.7. The first-order chi connectivity index (χ1) is 20.9. The van der Waals surface area contributed by atoms with Crippen LogP contribution in [0.15, 0.2) is 41.6 Å². The van der Waals surface area contributed by atoms with Crippen LogP contribution < -0.4 is 16.0 Å². The molecule has 3 aliphatic heterocycles. The fraction of sp³-hybridized carbons (Fsp3) is 0.385. The van der Waals surface area contributed by atoms with Crippen molar-refractivity contribution in [3.05, 3.63) is 47.2 Å². The fourth-order valence-electron chi connectivity index (χ4n) is 4.98. The highest BCUT2D eigenvalue weighted by atomic mass is 32.2. The summed E-state index contributed by atoms with van der Waals surface area (Å²) in [5, 5.41) is 15.7. The summed E-state index contributed by atoms with van der Waals surface area (Å²) < 4.78 is 18.3. The molecule has 0 aromatic heterocycles. The molecule has 3 heterocycles. The first kappa shape index (κ1) is 32.0. The number of imide groups is 1. The summed E-state index contributed by atoms with van der Waals surface area (Å²) in [6.45, 7) is 2.82. The molecule has 7 amide bonds. The van der Waals surface area contributed by atoms with Gasteiger partial charge in [0.2, 0.25) is 23.9 Å². The second kappa shape index (κ2) is 13.1. The molecule has 44 heavy (non-hydrogen) atoms. The van der Waals surface area contributed by atoms with Crippen molar-refractivity contribution in [1.29, 1.82) is 0 Å². The van der Waals surface area contributed by atoms with E-state index in [0.717, 1.165) is 6.92 Å². The van der Waals surface area contributed by atoms with Gasteiger partial charge in [-0.2, -0.15) is 0 Å². The number of urea groups is 1. The Balaban J connectivity index is 1.66. The normalized spacial score (nSPS) is 22.8. The van der Waals surface area contributed by atoms with Gasteiger partial charge < -0.3 is 35.2 Å². The van der Waals surface area contributed by atoms with E-state index in [0.29, 0.717) is 9.80 Å². The summed E-state index contributed by atoms with van der Waals surface area (Å²) in [7, 11) is 0. The average Bonchev–Trinajstić information content (AvgIpc) is 2.99. The highest BCUT2D eigenvalue weighted by Crippen LogP contribution is 2.38. The highest BCUT2D eigenvalue weighted by molar-refractivity contribution is 7.92. The Morgan fingerprint density at radius 1 is 1.11 bits per heavy atom. The van der Waals surface area contributed by atoms with Crippen LogP contribution in [0.1, 0.15) is 25.5 Å². The summed E-state index contributed by atoms with van der Waals surface area (Å²) in [6, 6.07) is 3.79. The molecule has 2 fully saturated rings. The number of rotatable bonds is 10. The van der Waals surface area contributed by atoms with E-state index in [4.69, 9.17) is 4.74 Å². The number of fused-ring (bicyclic) bond motifs is 1. The van der Waals surface area contributed by atoms with Crippen LogP contribution in [0.4, 0.5) is 4.79 Å². The lowest BCUT2D eigenvalue weighted by atomic mass is 10.0. The number of β-lactam (4-membered cyclic amide) rings is 1. The molecule has 18 heteroatoms. The van der Waals surface area contributed by atoms with E-state index in [1.165, 1.54) is 17.0 Å². The predicted molar refractivity (Wildman–Crippen MR) is 147 cm³/mol. The third kappa shape index (κ3) is 6.06. The number of nitrogens with zero attached hydrogens (tertiary/aromatic N) is 3. The maximum absolute atomic E-state index is 13.7. The number of nitrogens with one attached hydrogen (secondary N) is 3. The van der Waals surface area contributed by atoms with Crippen LogP contribution in [0, 0.1) is 0 Å². The largest absolute Gasteiger partial charge is 0.614 e. The number of carboxylic acids is 1. The van der Waals surface area contributed by atoms with E-state index in [1.807, 2.05) is 0 Å². The van der Waals surface area contributed by atoms with E-state index in [9.17, 15) is 48.0 Å². The second-order valence-electron chi connectivity index (χ2n) is 9.70. The third-order valence-corrected chi connectivity index (χ3v) is 8.69. The summed E-state index contributed by atoms with van der Waals surface area (Å²) in [4.78, 5) is 102. The molecule has 2 saturated heterocycles. The van der Waals surface area contributed by atoms with E-state index >= 15 is 0 Å². The molecule has 0 spiro atoms. The molecule has 3 aliphatic rings. The number of piperazine rings is 1. The van der Waals surface area contributed by atoms with Gasteiger partial charge >= 0.3 is 29.8 Å². The van der Waals surface area contributed by atoms with Crippen molar-refractivity contribution in [1.82, 2.24) is 30.7 Å². The molecular weight excluding hydrogens is 604 g/mol. The van der Waals surface area contributed by atoms with E-state index in [1.54, 1.807) is 25.1 Å². The Morgan fingerprint density at radius 3 is 2.39 bits per heavy atom. The zero-order valence-corrected chi connectivity index (χ0v) is 24.2. The lowest BCUT2D eigenvalue weighted by Gasteiger charge is -2.49. The molecule has 0 bridgehead atoms. The molecule has 1 aromatic carbocycles. The number of hydrogen-bond acceptors (Lipinski definition) is 10. The first-order valence-electron chi connectivity index (χ1n) is 13.2. The maximum Gasteiger partial charge on any atom is 0.353 e. The minimum atomic E-state index is -2.00. The summed E-state index contributed by atoms with van der Waals surface area (Å²) in [5.74, 6) is -7.11. The Bertz CT molecular complexity index is 1440. The van der Waals surface area contributed by atoms with E-state index in [2.05, 4.69) is 16.0 Å². The summed E-state index contributed by atoms with van der Waals surface area (Å²) in [5.41, 5.74) is -0.886. The van der Waals surface area contributed by atoms with Crippen molar-refractivity contribution in [2.24, 2.45) is 0 Å². The van der Waals surface area contributed by atoms with Gasteiger partial charge in [0.25, 0.3) is 5.91 Å². The van der Waals surface area contributed by atoms with Crippen molar-refractivity contribution in [2.45, 2.75) is 37.5 Å². The van der Waals surface area contributed by atoms with Crippen LogP contribution in [0.2, 0.25) is 0 Å². The van der Waals surface area contributed by atoms with Crippen LogP contribution in [0.5, 0.6) is 0 Å². The van der Waals surface area contributed by atoms with Gasteiger partial charge in [0.15, 0.2) is 6.04 Å². The number of esters is 1. The van der Waals surface area contributed by atoms with Crippen LogP contribution in [-0.2, 0) is 49.5 Å². The van der Waals surface area contributed by atoms with Crippen LogP contribution in [-0.4, -0.2) is 115 Å². The number of ether oxygens (including phenoxy) is 1. The van der Waals surface area contributed by atoms with Crippen molar-refractivity contribution in [3.8, 4) is 0 Å². The van der Waals surface area contributed by atoms with Gasteiger partial charge in [-0.25, -0.2) is 9.59 Å². The Morgan fingerprint density at radius 2 is 1.80 bits per heavy atom. The number of benzene rings is 1. The first-order valence-corrected chi connectivity index (χ1v) is 14.6. The second-order valence-corrected chi connectivity index (χ2v) is 11.2. The molecule has 3 unspecified atom stereocenters. The van der Waals surface area contributed by atoms with Gasteiger partial charge in [-0.15, -0.1) is 0 Å². The number of aliphatic carboxylic acids is 1. The van der Waals surface area contributed by atoms with Crippen LogP contribution in [0.3, 0.4) is 0 Å². The molecule has 0 radical (unpaired) electrons. The number of amides is 7. The lowest BCUT2D eigenvalue weighted by Crippen LogP contribution is -2.74.